The summed E-state index contributed by atoms with van der Waals surface area (Å²) in [5, 5.41) is 10.8. The zero-order chi connectivity index (χ0) is 16.2. The molecule has 128 valence electrons. The maximum Gasteiger partial charge on any atom is 0.222 e. The second-order valence-corrected chi connectivity index (χ2v) is 8.92. The van der Waals surface area contributed by atoms with Gasteiger partial charge in [0.15, 0.2) is 0 Å². The number of piperidine rings is 1. The van der Waals surface area contributed by atoms with E-state index in [1.807, 2.05) is 11.8 Å². The predicted octanol–water partition coefficient (Wildman–Crippen LogP) is 2.84. The largest absolute Gasteiger partial charge is 0.347 e. The van der Waals surface area contributed by atoms with Crippen LogP contribution in [-0.2, 0) is 4.79 Å². The van der Waals surface area contributed by atoms with E-state index >= 15 is 0 Å². The first-order valence-corrected chi connectivity index (χ1v) is 10.5. The van der Waals surface area contributed by atoms with Gasteiger partial charge in [-0.15, -0.1) is 10.2 Å². The van der Waals surface area contributed by atoms with Gasteiger partial charge in [0, 0.05) is 50.0 Å². The zero-order valence-corrected chi connectivity index (χ0v) is 15.7. The van der Waals surface area contributed by atoms with E-state index in [4.69, 9.17) is 0 Å². The fourth-order valence-corrected chi connectivity index (χ4v) is 4.91. The summed E-state index contributed by atoms with van der Waals surface area (Å²) in [6.07, 6.45) is 2.90. The van der Waals surface area contributed by atoms with E-state index in [0.717, 1.165) is 67.1 Å². The van der Waals surface area contributed by atoms with E-state index in [-0.39, 0.29) is 0 Å². The molecule has 0 unspecified atom stereocenters. The van der Waals surface area contributed by atoms with Crippen LogP contribution >= 0.6 is 23.1 Å². The highest BCUT2D eigenvalue weighted by molar-refractivity contribution is 7.99. The van der Waals surface area contributed by atoms with Gasteiger partial charge in [0.05, 0.1) is 0 Å². The number of nitrogens with zero attached hydrogens (tertiary/aromatic N) is 4. The lowest BCUT2D eigenvalue weighted by Crippen LogP contribution is -2.40. The van der Waals surface area contributed by atoms with Crippen molar-refractivity contribution in [3.05, 3.63) is 5.01 Å². The minimum Gasteiger partial charge on any atom is -0.347 e. The lowest BCUT2D eigenvalue weighted by atomic mass is 9.93. The summed E-state index contributed by atoms with van der Waals surface area (Å²) in [5.41, 5.74) is 0. The molecule has 7 heteroatoms. The maximum absolute atomic E-state index is 12.4. The van der Waals surface area contributed by atoms with Crippen LogP contribution in [0, 0.1) is 5.92 Å². The number of amides is 1. The molecule has 0 spiro atoms. The van der Waals surface area contributed by atoms with Crippen molar-refractivity contribution in [2.24, 2.45) is 5.92 Å². The molecular weight excluding hydrogens is 328 g/mol. The molecule has 2 aliphatic heterocycles. The van der Waals surface area contributed by atoms with Gasteiger partial charge in [0.2, 0.25) is 11.0 Å². The molecule has 0 bridgehead atoms. The minimum atomic E-state index is 0.363. The van der Waals surface area contributed by atoms with Crippen LogP contribution in [0.4, 0.5) is 5.13 Å². The highest BCUT2D eigenvalue weighted by Gasteiger charge is 2.26. The van der Waals surface area contributed by atoms with Crippen LogP contribution in [0.5, 0.6) is 0 Å². The molecule has 23 heavy (non-hydrogen) atoms. The molecule has 0 aromatic carbocycles. The van der Waals surface area contributed by atoms with E-state index < -0.39 is 0 Å². The standard InChI is InChI=1S/C16H26N4OS2/c1-12(2)15-17-18-16(23-15)20-5-3-13(4-6-20)11-14(21)19-7-9-22-10-8-19/h12-13H,3-11H2,1-2H3. The highest BCUT2D eigenvalue weighted by Crippen LogP contribution is 2.30. The van der Waals surface area contributed by atoms with Gasteiger partial charge >= 0.3 is 0 Å². The molecule has 1 aromatic heterocycles. The average Bonchev–Trinajstić information content (AvgIpc) is 3.07. The van der Waals surface area contributed by atoms with Gasteiger partial charge in [-0.25, -0.2) is 0 Å². The Morgan fingerprint density at radius 2 is 1.87 bits per heavy atom. The third-order valence-electron chi connectivity index (χ3n) is 4.64. The van der Waals surface area contributed by atoms with Crippen molar-refractivity contribution in [3.63, 3.8) is 0 Å². The number of rotatable bonds is 4. The van der Waals surface area contributed by atoms with Crippen molar-refractivity contribution in [2.75, 3.05) is 42.6 Å². The summed E-state index contributed by atoms with van der Waals surface area (Å²) in [7, 11) is 0. The Hall–Kier alpha value is -0.820. The Kier molecular flexibility index (Phi) is 5.80. The number of carbonyl (C=O) groups excluding carboxylic acids is 1. The number of hydrogen-bond donors (Lipinski definition) is 0. The molecule has 3 rings (SSSR count). The summed E-state index contributed by atoms with van der Waals surface area (Å²) in [5.74, 6) is 3.53. The van der Waals surface area contributed by atoms with Crippen molar-refractivity contribution in [1.29, 1.82) is 0 Å². The van der Waals surface area contributed by atoms with Crippen LogP contribution in [0.25, 0.3) is 0 Å². The molecule has 0 aliphatic carbocycles. The predicted molar refractivity (Wildman–Crippen MR) is 97.5 cm³/mol. The molecule has 2 saturated heterocycles. The Bertz CT molecular complexity index is 520. The van der Waals surface area contributed by atoms with Gasteiger partial charge in [-0.3, -0.25) is 4.79 Å². The first-order valence-electron chi connectivity index (χ1n) is 8.57. The normalized spacial score (nSPS) is 20.3. The molecule has 1 aromatic rings. The van der Waals surface area contributed by atoms with Crippen LogP contribution in [0.1, 0.15) is 44.0 Å². The Labute approximate surface area is 146 Å². The fraction of sp³-hybridized carbons (Fsp3) is 0.812. The van der Waals surface area contributed by atoms with Gasteiger partial charge < -0.3 is 9.80 Å². The average molecular weight is 355 g/mol. The van der Waals surface area contributed by atoms with Crippen molar-refractivity contribution in [1.82, 2.24) is 15.1 Å². The Balaban J connectivity index is 1.47. The van der Waals surface area contributed by atoms with Crippen molar-refractivity contribution >= 4 is 34.1 Å². The van der Waals surface area contributed by atoms with Gasteiger partial charge in [-0.05, 0) is 18.8 Å². The number of aromatic nitrogens is 2. The lowest BCUT2D eigenvalue weighted by Gasteiger charge is -2.33. The van der Waals surface area contributed by atoms with Crippen LogP contribution in [0.3, 0.4) is 0 Å². The summed E-state index contributed by atoms with van der Waals surface area (Å²) in [6, 6.07) is 0. The van der Waals surface area contributed by atoms with Gasteiger partial charge in [0.25, 0.3) is 0 Å². The number of carbonyl (C=O) groups is 1. The second kappa shape index (κ2) is 7.83. The SMILES string of the molecule is CC(C)c1nnc(N2CCC(CC(=O)N3CCSCC3)CC2)s1. The molecule has 0 atom stereocenters. The number of anilines is 1. The minimum absolute atomic E-state index is 0.363. The Morgan fingerprint density at radius 3 is 2.48 bits per heavy atom. The molecule has 0 saturated carbocycles. The van der Waals surface area contributed by atoms with Crippen LogP contribution in [-0.4, -0.2) is 58.7 Å². The van der Waals surface area contributed by atoms with Crippen molar-refractivity contribution < 1.29 is 4.79 Å². The third kappa shape index (κ3) is 4.38. The first-order chi connectivity index (χ1) is 11.1. The van der Waals surface area contributed by atoms with Crippen LogP contribution < -0.4 is 4.90 Å². The molecular formula is C16H26N4OS2. The molecule has 1 amide bonds. The molecule has 3 heterocycles. The fourth-order valence-electron chi connectivity index (χ4n) is 3.10. The van der Waals surface area contributed by atoms with Crippen LogP contribution in [0.15, 0.2) is 0 Å². The zero-order valence-electron chi connectivity index (χ0n) is 14.0. The number of thioether (sulfide) groups is 1. The van der Waals surface area contributed by atoms with Gasteiger partial charge in [0.1, 0.15) is 5.01 Å². The smallest absolute Gasteiger partial charge is 0.222 e. The topological polar surface area (TPSA) is 49.3 Å². The molecule has 0 N–H and O–H groups in total. The third-order valence-corrected chi connectivity index (χ3v) is 6.86. The summed E-state index contributed by atoms with van der Waals surface area (Å²) in [4.78, 5) is 16.8. The maximum atomic E-state index is 12.4. The second-order valence-electron chi connectivity index (χ2n) is 6.71. The van der Waals surface area contributed by atoms with E-state index in [0.29, 0.717) is 17.7 Å². The van der Waals surface area contributed by atoms with Gasteiger partial charge in [-0.1, -0.05) is 25.2 Å². The van der Waals surface area contributed by atoms with E-state index in [1.54, 1.807) is 11.3 Å². The lowest BCUT2D eigenvalue weighted by molar-refractivity contribution is -0.132. The Morgan fingerprint density at radius 1 is 1.17 bits per heavy atom. The van der Waals surface area contributed by atoms with E-state index in [9.17, 15) is 4.79 Å². The van der Waals surface area contributed by atoms with Crippen molar-refractivity contribution in [3.8, 4) is 0 Å². The summed E-state index contributed by atoms with van der Waals surface area (Å²) < 4.78 is 0. The highest BCUT2D eigenvalue weighted by atomic mass is 32.2. The van der Waals surface area contributed by atoms with E-state index in [1.165, 1.54) is 0 Å². The summed E-state index contributed by atoms with van der Waals surface area (Å²) >= 11 is 3.66. The first kappa shape index (κ1) is 17.0. The molecule has 2 aliphatic rings. The quantitative estimate of drug-likeness (QED) is 0.832. The molecule has 5 nitrogen and oxygen atoms in total. The number of hydrogen-bond acceptors (Lipinski definition) is 6. The molecule has 2 fully saturated rings. The molecule has 0 radical (unpaired) electrons. The monoisotopic (exact) mass is 354 g/mol. The van der Waals surface area contributed by atoms with Crippen molar-refractivity contribution in [2.45, 2.75) is 39.0 Å². The van der Waals surface area contributed by atoms with E-state index in [2.05, 4.69) is 33.8 Å². The van der Waals surface area contributed by atoms with Gasteiger partial charge in [-0.2, -0.15) is 11.8 Å². The van der Waals surface area contributed by atoms with Crippen LogP contribution in [0.2, 0.25) is 0 Å². The summed E-state index contributed by atoms with van der Waals surface area (Å²) in [6.45, 7) is 8.18.